The molecule has 0 aliphatic heterocycles. The summed E-state index contributed by atoms with van der Waals surface area (Å²) in [4.78, 5) is 4.22. The van der Waals surface area contributed by atoms with Crippen LogP contribution in [0.5, 0.6) is 5.75 Å². The van der Waals surface area contributed by atoms with Crippen LogP contribution in [-0.4, -0.2) is 9.55 Å². The molecular weight excluding hydrogens is 224 g/mol. The number of aromatic nitrogens is 2. The normalized spacial score (nSPS) is 14.8. The second-order valence-electron chi connectivity index (χ2n) is 5.03. The van der Waals surface area contributed by atoms with Crippen molar-refractivity contribution in [2.45, 2.75) is 39.3 Å². The average Bonchev–Trinajstić information content (AvgIpc) is 3.09. The van der Waals surface area contributed by atoms with Gasteiger partial charge in [0.1, 0.15) is 12.4 Å². The first-order chi connectivity index (χ1) is 8.75. The summed E-state index contributed by atoms with van der Waals surface area (Å²) >= 11 is 0. The van der Waals surface area contributed by atoms with Crippen molar-refractivity contribution in [2.24, 2.45) is 0 Å². The van der Waals surface area contributed by atoms with Crippen LogP contribution in [0.3, 0.4) is 0 Å². The van der Waals surface area contributed by atoms with E-state index in [-0.39, 0.29) is 0 Å². The summed E-state index contributed by atoms with van der Waals surface area (Å²) in [6, 6.07) is 6.89. The third-order valence-corrected chi connectivity index (χ3v) is 3.46. The molecule has 3 heteroatoms. The fourth-order valence-corrected chi connectivity index (χ4v) is 2.30. The van der Waals surface area contributed by atoms with Gasteiger partial charge in [0.2, 0.25) is 0 Å². The molecule has 0 spiro atoms. The van der Waals surface area contributed by atoms with Gasteiger partial charge in [-0.3, -0.25) is 0 Å². The van der Waals surface area contributed by atoms with Crippen molar-refractivity contribution in [3.05, 3.63) is 47.5 Å². The number of hydrogen-bond acceptors (Lipinski definition) is 2. The van der Waals surface area contributed by atoms with Crippen LogP contribution in [-0.2, 0) is 6.61 Å². The highest BCUT2D eigenvalue weighted by atomic mass is 16.5. The number of ether oxygens (including phenoxy) is 1. The fraction of sp³-hybridized carbons (Fsp3) is 0.400. The van der Waals surface area contributed by atoms with Crippen LogP contribution in [0.15, 0.2) is 30.7 Å². The summed E-state index contributed by atoms with van der Waals surface area (Å²) in [6.45, 7) is 4.77. The molecule has 3 rings (SSSR count). The Morgan fingerprint density at radius 2 is 2.00 bits per heavy atom. The van der Waals surface area contributed by atoms with E-state index in [0.29, 0.717) is 12.6 Å². The van der Waals surface area contributed by atoms with Gasteiger partial charge in [-0.05, 0) is 37.8 Å². The quantitative estimate of drug-likeness (QED) is 0.821. The summed E-state index contributed by atoms with van der Waals surface area (Å²) in [5.41, 5.74) is 3.54. The summed E-state index contributed by atoms with van der Waals surface area (Å²) in [5, 5.41) is 0. The van der Waals surface area contributed by atoms with Crippen LogP contribution in [0.25, 0.3) is 0 Å². The average molecular weight is 242 g/mol. The lowest BCUT2D eigenvalue weighted by Gasteiger charge is -2.13. The Morgan fingerprint density at radius 1 is 1.28 bits per heavy atom. The molecular formula is C15H18N2O. The first-order valence-corrected chi connectivity index (χ1v) is 6.45. The largest absolute Gasteiger partial charge is 0.487 e. The number of para-hydroxylation sites is 1. The first kappa shape index (κ1) is 11.3. The summed E-state index contributed by atoms with van der Waals surface area (Å²) in [7, 11) is 0. The third-order valence-electron chi connectivity index (χ3n) is 3.46. The lowest BCUT2D eigenvalue weighted by molar-refractivity contribution is 0.291. The van der Waals surface area contributed by atoms with Crippen LogP contribution in [0.4, 0.5) is 0 Å². The van der Waals surface area contributed by atoms with E-state index in [9.17, 15) is 0 Å². The number of nitrogens with zero attached hydrogens (tertiary/aromatic N) is 2. The van der Waals surface area contributed by atoms with Crippen LogP contribution in [0.1, 0.15) is 35.7 Å². The van der Waals surface area contributed by atoms with Crippen LogP contribution >= 0.6 is 0 Å². The fourth-order valence-electron chi connectivity index (χ4n) is 2.30. The first-order valence-electron chi connectivity index (χ1n) is 6.45. The highest BCUT2D eigenvalue weighted by Crippen LogP contribution is 2.36. The van der Waals surface area contributed by atoms with Gasteiger partial charge >= 0.3 is 0 Å². The summed E-state index contributed by atoms with van der Waals surface area (Å²) < 4.78 is 8.21. The number of benzene rings is 1. The Kier molecular flexibility index (Phi) is 2.82. The van der Waals surface area contributed by atoms with E-state index in [2.05, 4.69) is 41.6 Å². The van der Waals surface area contributed by atoms with Crippen molar-refractivity contribution in [3.8, 4) is 5.75 Å². The molecule has 1 saturated carbocycles. The third kappa shape index (κ3) is 2.13. The second kappa shape index (κ2) is 4.48. The van der Waals surface area contributed by atoms with Crippen LogP contribution in [0, 0.1) is 13.8 Å². The van der Waals surface area contributed by atoms with Crippen molar-refractivity contribution in [2.75, 3.05) is 0 Å². The van der Waals surface area contributed by atoms with Gasteiger partial charge < -0.3 is 9.30 Å². The zero-order valence-corrected chi connectivity index (χ0v) is 10.9. The number of rotatable bonds is 4. The molecule has 18 heavy (non-hydrogen) atoms. The Hall–Kier alpha value is -1.77. The number of aryl methyl sites for hydroxylation is 2. The second-order valence-corrected chi connectivity index (χ2v) is 5.03. The minimum atomic E-state index is 0.599. The van der Waals surface area contributed by atoms with E-state index in [1.54, 1.807) is 0 Å². The predicted molar refractivity (Wildman–Crippen MR) is 70.7 cm³/mol. The lowest BCUT2D eigenvalue weighted by atomic mass is 10.1. The molecule has 0 atom stereocenters. The Bertz CT molecular complexity index is 535. The standard InChI is InChI=1S/C15H18N2O/c1-11-4-3-5-12(2)15(11)18-9-14-8-16-10-17(14)13-6-7-13/h3-5,8,10,13H,6-7,9H2,1-2H3. The molecule has 0 saturated heterocycles. The van der Waals surface area contributed by atoms with E-state index in [1.165, 1.54) is 29.7 Å². The zero-order chi connectivity index (χ0) is 12.5. The maximum absolute atomic E-state index is 5.97. The molecule has 3 nitrogen and oxygen atoms in total. The highest BCUT2D eigenvalue weighted by molar-refractivity contribution is 5.39. The maximum atomic E-state index is 5.97. The minimum Gasteiger partial charge on any atom is -0.487 e. The van der Waals surface area contributed by atoms with Crippen molar-refractivity contribution in [1.29, 1.82) is 0 Å². The number of hydrogen-bond donors (Lipinski definition) is 0. The molecule has 0 amide bonds. The molecule has 1 fully saturated rings. The Balaban J connectivity index is 1.76. The van der Waals surface area contributed by atoms with Gasteiger partial charge in [0, 0.05) is 6.04 Å². The molecule has 1 aliphatic carbocycles. The monoisotopic (exact) mass is 242 g/mol. The van der Waals surface area contributed by atoms with Crippen LogP contribution < -0.4 is 4.74 Å². The highest BCUT2D eigenvalue weighted by Gasteiger charge is 2.25. The molecule has 94 valence electrons. The molecule has 0 bridgehead atoms. The molecule has 0 N–H and O–H groups in total. The lowest BCUT2D eigenvalue weighted by Crippen LogP contribution is -2.05. The van der Waals surface area contributed by atoms with Crippen molar-refractivity contribution >= 4 is 0 Å². The van der Waals surface area contributed by atoms with Gasteiger partial charge in [-0.2, -0.15) is 0 Å². The topological polar surface area (TPSA) is 27.1 Å². The van der Waals surface area contributed by atoms with E-state index in [0.717, 1.165) is 5.75 Å². The van der Waals surface area contributed by atoms with E-state index in [4.69, 9.17) is 4.74 Å². The molecule has 0 radical (unpaired) electrons. The number of imidazole rings is 1. The van der Waals surface area contributed by atoms with Gasteiger partial charge in [-0.15, -0.1) is 0 Å². The Morgan fingerprint density at radius 3 is 2.67 bits per heavy atom. The van der Waals surface area contributed by atoms with Gasteiger partial charge in [0.25, 0.3) is 0 Å². The van der Waals surface area contributed by atoms with Crippen molar-refractivity contribution < 1.29 is 4.74 Å². The molecule has 1 aliphatic rings. The van der Waals surface area contributed by atoms with Gasteiger partial charge in [0.05, 0.1) is 18.2 Å². The van der Waals surface area contributed by atoms with E-state index in [1.807, 2.05) is 12.5 Å². The minimum absolute atomic E-state index is 0.599. The SMILES string of the molecule is Cc1cccc(C)c1OCc1cncn1C1CC1. The van der Waals surface area contributed by atoms with Crippen LogP contribution in [0.2, 0.25) is 0 Å². The molecule has 2 aromatic rings. The summed E-state index contributed by atoms with van der Waals surface area (Å²) in [5.74, 6) is 1.00. The Labute approximate surface area is 107 Å². The maximum Gasteiger partial charge on any atom is 0.130 e. The van der Waals surface area contributed by atoms with E-state index >= 15 is 0 Å². The zero-order valence-electron chi connectivity index (χ0n) is 10.9. The predicted octanol–water partition coefficient (Wildman–Crippen LogP) is 3.41. The summed E-state index contributed by atoms with van der Waals surface area (Å²) in [6.07, 6.45) is 6.37. The molecule has 1 heterocycles. The van der Waals surface area contributed by atoms with Gasteiger partial charge in [-0.25, -0.2) is 4.98 Å². The van der Waals surface area contributed by atoms with Crippen molar-refractivity contribution in [1.82, 2.24) is 9.55 Å². The van der Waals surface area contributed by atoms with E-state index < -0.39 is 0 Å². The van der Waals surface area contributed by atoms with Gasteiger partial charge in [0.15, 0.2) is 0 Å². The molecule has 1 aromatic heterocycles. The smallest absolute Gasteiger partial charge is 0.130 e. The van der Waals surface area contributed by atoms with Crippen molar-refractivity contribution in [3.63, 3.8) is 0 Å². The molecule has 0 unspecified atom stereocenters. The van der Waals surface area contributed by atoms with Gasteiger partial charge in [-0.1, -0.05) is 18.2 Å². The molecule has 1 aromatic carbocycles.